The quantitative estimate of drug-likeness (QED) is 0.419. The second-order valence-corrected chi connectivity index (χ2v) is 3.81. The summed E-state index contributed by atoms with van der Waals surface area (Å²) in [5, 5.41) is 16.1. The molecule has 0 aliphatic carbocycles. The largest absolute Gasteiger partial charge is 0.379 e. The van der Waals surface area contributed by atoms with Crippen molar-refractivity contribution in [3.63, 3.8) is 0 Å². The van der Waals surface area contributed by atoms with E-state index in [1.54, 1.807) is 0 Å². The molecule has 94 valence electrons. The predicted molar refractivity (Wildman–Crippen MR) is 65.7 cm³/mol. The van der Waals surface area contributed by atoms with Gasteiger partial charge in [-0.15, -0.1) is 0 Å². The lowest BCUT2D eigenvalue weighted by molar-refractivity contribution is 0.234. The van der Waals surface area contributed by atoms with Crippen LogP contribution in [0.5, 0.6) is 0 Å². The molecule has 0 aliphatic heterocycles. The van der Waals surface area contributed by atoms with Crippen LogP contribution < -0.4 is 11.2 Å². The molecule has 0 saturated heterocycles. The van der Waals surface area contributed by atoms with Gasteiger partial charge in [0.2, 0.25) is 0 Å². The molecule has 0 aliphatic rings. The number of nitrogens with two attached hydrogens (primary N) is 1. The molecule has 0 radical (unpaired) electrons. The third-order valence-electron chi connectivity index (χ3n) is 2.51. The number of nitrogen functional groups attached to an aromatic ring is 1. The lowest BCUT2D eigenvalue weighted by atomic mass is 10.1. The van der Waals surface area contributed by atoms with Crippen molar-refractivity contribution >= 4 is 17.3 Å². The molecule has 2 aromatic rings. The minimum absolute atomic E-state index is 0.0570. The summed E-state index contributed by atoms with van der Waals surface area (Å²) in [5.41, 5.74) is 10.3. The van der Waals surface area contributed by atoms with Gasteiger partial charge in [-0.3, -0.25) is 10.7 Å². The van der Waals surface area contributed by atoms with Gasteiger partial charge in [-0.05, 0) is 35.3 Å². The lowest BCUT2D eigenvalue weighted by Crippen LogP contribution is -2.21. The van der Waals surface area contributed by atoms with Gasteiger partial charge in [-0.25, -0.2) is 9.62 Å². The van der Waals surface area contributed by atoms with E-state index in [9.17, 15) is 0 Å². The van der Waals surface area contributed by atoms with Gasteiger partial charge in [0.1, 0.15) is 0 Å². The molecular weight excluding hydrogens is 234 g/mol. The molecule has 1 heterocycles. The summed E-state index contributed by atoms with van der Waals surface area (Å²) in [5.74, 6) is 0.146. The number of nitrogens with zero attached hydrogens (tertiary/aromatic N) is 3. The van der Waals surface area contributed by atoms with E-state index >= 15 is 0 Å². The molecule has 0 bridgehead atoms. The average molecular weight is 247 g/mol. The maximum absolute atomic E-state index is 9.12. The predicted octanol–water partition coefficient (Wildman–Crippen LogP) is 1.33. The molecule has 18 heavy (non-hydrogen) atoms. The topological polar surface area (TPSA) is 110 Å². The first kappa shape index (κ1) is 12.1. The maximum Gasteiger partial charge on any atom is 0.199 e. The average Bonchev–Trinajstić information content (AvgIpc) is 2.76. The van der Waals surface area contributed by atoms with Crippen LogP contribution in [0, 0.1) is 13.8 Å². The minimum atomic E-state index is 0.0570. The number of hydroxylamine groups is 1. The lowest BCUT2D eigenvalue weighted by Gasteiger charge is -2.06. The number of rotatable bonds is 2. The first-order chi connectivity index (χ1) is 8.63. The van der Waals surface area contributed by atoms with Crippen LogP contribution in [0.4, 0.5) is 11.5 Å². The second-order valence-electron chi connectivity index (χ2n) is 3.81. The van der Waals surface area contributed by atoms with Crippen molar-refractivity contribution in [2.75, 3.05) is 5.73 Å². The molecule has 1 aromatic carbocycles. The second kappa shape index (κ2) is 4.84. The molecule has 0 spiro atoms. The number of aryl methyl sites for hydroxylation is 2. The van der Waals surface area contributed by atoms with Gasteiger partial charge in [-0.2, -0.15) is 0 Å². The molecule has 0 atom stereocenters. The molecule has 7 heteroatoms. The summed E-state index contributed by atoms with van der Waals surface area (Å²) in [6.45, 7) is 3.84. The highest BCUT2D eigenvalue weighted by molar-refractivity contribution is 6.01. The summed E-state index contributed by atoms with van der Waals surface area (Å²) in [7, 11) is 0. The molecule has 0 saturated carbocycles. The first-order valence-corrected chi connectivity index (χ1v) is 5.27. The maximum atomic E-state index is 9.12. The van der Waals surface area contributed by atoms with Crippen molar-refractivity contribution in [2.24, 2.45) is 4.99 Å². The zero-order chi connectivity index (χ0) is 13.1. The Labute approximate surface area is 103 Å². The number of amidine groups is 1. The van der Waals surface area contributed by atoms with Crippen LogP contribution in [0.25, 0.3) is 0 Å². The summed E-state index contributed by atoms with van der Waals surface area (Å²) in [6.07, 6.45) is 0. The molecule has 0 unspecified atom stereocenters. The zero-order valence-electron chi connectivity index (χ0n) is 10.0. The van der Waals surface area contributed by atoms with Crippen molar-refractivity contribution in [1.29, 1.82) is 0 Å². The number of benzene rings is 1. The van der Waals surface area contributed by atoms with Gasteiger partial charge in [-0.1, -0.05) is 18.2 Å². The highest BCUT2D eigenvalue weighted by Crippen LogP contribution is 2.24. The van der Waals surface area contributed by atoms with Crippen molar-refractivity contribution in [1.82, 2.24) is 15.8 Å². The van der Waals surface area contributed by atoms with Gasteiger partial charge in [0.25, 0.3) is 0 Å². The van der Waals surface area contributed by atoms with E-state index in [-0.39, 0.29) is 17.3 Å². The third kappa shape index (κ3) is 2.16. The first-order valence-electron chi connectivity index (χ1n) is 5.27. The molecule has 0 amide bonds. The minimum Gasteiger partial charge on any atom is -0.379 e. The van der Waals surface area contributed by atoms with Crippen molar-refractivity contribution in [3.8, 4) is 0 Å². The van der Waals surface area contributed by atoms with Gasteiger partial charge in [0.15, 0.2) is 17.3 Å². The Morgan fingerprint density at radius 3 is 2.50 bits per heavy atom. The fourth-order valence-electron chi connectivity index (χ4n) is 1.58. The van der Waals surface area contributed by atoms with Gasteiger partial charge in [0, 0.05) is 0 Å². The normalized spacial score (nSPS) is 11.6. The Hall–Kier alpha value is -2.41. The Balaban J connectivity index is 2.51. The van der Waals surface area contributed by atoms with Crippen LogP contribution in [0.1, 0.15) is 16.8 Å². The molecular formula is C11H13N5O2. The van der Waals surface area contributed by atoms with Crippen LogP contribution in [-0.2, 0) is 0 Å². The van der Waals surface area contributed by atoms with E-state index in [0.29, 0.717) is 0 Å². The number of nitrogens with one attached hydrogen (secondary N) is 1. The van der Waals surface area contributed by atoms with Crippen molar-refractivity contribution in [3.05, 3.63) is 35.0 Å². The Kier molecular flexibility index (Phi) is 3.24. The Morgan fingerprint density at radius 1 is 1.33 bits per heavy atom. The number of anilines is 1. The highest BCUT2D eigenvalue weighted by atomic mass is 16.6. The Morgan fingerprint density at radius 2 is 2.00 bits per heavy atom. The molecule has 7 nitrogen and oxygen atoms in total. The van der Waals surface area contributed by atoms with Gasteiger partial charge < -0.3 is 5.73 Å². The monoisotopic (exact) mass is 247 g/mol. The number of hydrogen-bond acceptors (Lipinski definition) is 6. The number of para-hydroxylation sites is 1. The summed E-state index contributed by atoms with van der Waals surface area (Å²) in [6, 6.07) is 5.78. The smallest absolute Gasteiger partial charge is 0.199 e. The standard InChI is InChI=1S/C11H13N5O2/c1-6-4-3-5-7(2)8(6)13-11(14-17)9-10(12)16-18-15-9/h3-5,17H,1-2H3,(H2,12,16)(H,13,14). The van der Waals surface area contributed by atoms with E-state index in [2.05, 4.69) is 19.9 Å². The van der Waals surface area contributed by atoms with Crippen LogP contribution in [0.3, 0.4) is 0 Å². The van der Waals surface area contributed by atoms with E-state index in [1.165, 1.54) is 0 Å². The fourth-order valence-corrected chi connectivity index (χ4v) is 1.58. The number of aliphatic imine (C=N–C) groups is 1. The summed E-state index contributed by atoms with van der Waals surface area (Å²) in [4.78, 5) is 4.29. The molecule has 1 aromatic heterocycles. The molecule has 2 rings (SSSR count). The number of hydrogen-bond donors (Lipinski definition) is 3. The SMILES string of the molecule is Cc1cccc(C)c1N=C(NO)c1nonc1N. The van der Waals surface area contributed by atoms with E-state index < -0.39 is 0 Å². The van der Waals surface area contributed by atoms with E-state index in [0.717, 1.165) is 16.8 Å². The van der Waals surface area contributed by atoms with Crippen LogP contribution >= 0.6 is 0 Å². The highest BCUT2D eigenvalue weighted by Gasteiger charge is 2.14. The van der Waals surface area contributed by atoms with E-state index in [4.69, 9.17) is 10.9 Å². The number of aromatic nitrogens is 2. The van der Waals surface area contributed by atoms with Crippen molar-refractivity contribution in [2.45, 2.75) is 13.8 Å². The fraction of sp³-hybridized carbons (Fsp3) is 0.182. The van der Waals surface area contributed by atoms with E-state index in [1.807, 2.05) is 37.5 Å². The summed E-state index contributed by atoms with van der Waals surface area (Å²) >= 11 is 0. The zero-order valence-corrected chi connectivity index (χ0v) is 10.0. The third-order valence-corrected chi connectivity index (χ3v) is 2.51. The summed E-state index contributed by atoms with van der Waals surface area (Å²) < 4.78 is 4.47. The van der Waals surface area contributed by atoms with Gasteiger partial charge in [0.05, 0.1) is 5.69 Å². The van der Waals surface area contributed by atoms with Crippen LogP contribution in [0.2, 0.25) is 0 Å². The van der Waals surface area contributed by atoms with Crippen LogP contribution in [-0.4, -0.2) is 21.4 Å². The Bertz CT molecular complexity index is 571. The molecule has 0 fully saturated rings. The van der Waals surface area contributed by atoms with Gasteiger partial charge >= 0.3 is 0 Å². The van der Waals surface area contributed by atoms with Crippen molar-refractivity contribution < 1.29 is 9.84 Å². The molecule has 4 N–H and O–H groups in total. The van der Waals surface area contributed by atoms with Crippen LogP contribution in [0.15, 0.2) is 27.8 Å².